The summed E-state index contributed by atoms with van der Waals surface area (Å²) in [7, 11) is 0. The van der Waals surface area contributed by atoms with Crippen molar-refractivity contribution in [2.24, 2.45) is 0 Å². The number of nitrogens with zero attached hydrogens (tertiary/aromatic N) is 1. The van der Waals surface area contributed by atoms with Crippen LogP contribution in [0.3, 0.4) is 0 Å². The molecule has 3 heterocycles. The average Bonchev–Trinajstić information content (AvgIpc) is 3.74. The molecule has 0 saturated carbocycles. The molecular formula is C38H27N3O4S2. The Hall–Kier alpha value is -5.38. The predicted octanol–water partition coefficient (Wildman–Crippen LogP) is 8.69. The molecule has 4 amide bonds. The molecule has 47 heavy (non-hydrogen) atoms. The van der Waals surface area contributed by atoms with Crippen molar-refractivity contribution in [1.82, 2.24) is 15.2 Å². The average molecular weight is 654 g/mol. The highest BCUT2D eigenvalue weighted by molar-refractivity contribution is 8.18. The van der Waals surface area contributed by atoms with Crippen LogP contribution in [0.2, 0.25) is 0 Å². The van der Waals surface area contributed by atoms with E-state index in [1.807, 2.05) is 60.7 Å². The first-order valence-corrected chi connectivity index (χ1v) is 16.6. The first-order valence-electron chi connectivity index (χ1n) is 15.0. The highest BCUT2D eigenvalue weighted by Crippen LogP contribution is 2.39. The molecule has 2 fully saturated rings. The molecule has 5 aromatic rings. The zero-order valence-corrected chi connectivity index (χ0v) is 26.8. The van der Waals surface area contributed by atoms with Crippen LogP contribution in [0.15, 0.2) is 119 Å². The molecule has 0 unspecified atom stereocenters. The van der Waals surface area contributed by atoms with Crippen LogP contribution >= 0.6 is 23.5 Å². The Kier molecular flexibility index (Phi) is 8.24. The van der Waals surface area contributed by atoms with Crippen molar-refractivity contribution in [2.75, 3.05) is 0 Å². The highest BCUT2D eigenvalue weighted by Gasteiger charge is 2.27. The first kappa shape index (κ1) is 30.3. The molecule has 2 aliphatic rings. The van der Waals surface area contributed by atoms with Crippen molar-refractivity contribution >= 4 is 58.0 Å². The second-order valence-electron chi connectivity index (χ2n) is 10.9. The molecule has 4 aromatic carbocycles. The summed E-state index contributed by atoms with van der Waals surface area (Å²) in [6.07, 6.45) is 4.32. The second kappa shape index (κ2) is 12.8. The first-order chi connectivity index (χ1) is 22.9. The third-order valence-electron chi connectivity index (χ3n) is 7.99. The minimum absolute atomic E-state index is 0.351. The number of hydrogen-bond donors (Lipinski definition) is 2. The third-order valence-corrected chi connectivity index (χ3v) is 9.61. The molecule has 230 valence electrons. The van der Waals surface area contributed by atoms with Gasteiger partial charge in [-0.25, -0.2) is 0 Å². The zero-order chi connectivity index (χ0) is 32.5. The number of carbonyl (C=O) groups excluding carboxylic acids is 4. The fourth-order valence-electron chi connectivity index (χ4n) is 5.78. The standard InChI is InChI=1S/C38H27N3O4S2/c1-2-23-19-27(13-14-28(23)21-32-35(42)39-37(44)46-32)24-15-17-30(18-16-24)41-31(25-9-5-3-6-10-25)20-29(22-33-36(43)40-38(45)47-33)34(41)26-11-7-4-8-12-26/h3-22H,2H2,1H3,(H,39,42,44)(H,40,43,45)/b32-21-,33-22-. The van der Waals surface area contributed by atoms with Gasteiger partial charge >= 0.3 is 0 Å². The van der Waals surface area contributed by atoms with Gasteiger partial charge in [-0.15, -0.1) is 0 Å². The summed E-state index contributed by atoms with van der Waals surface area (Å²) < 4.78 is 2.19. The number of aromatic nitrogens is 1. The number of hydrogen-bond acceptors (Lipinski definition) is 6. The predicted molar refractivity (Wildman–Crippen MR) is 190 cm³/mol. The van der Waals surface area contributed by atoms with Gasteiger partial charge in [0.25, 0.3) is 22.3 Å². The van der Waals surface area contributed by atoms with Gasteiger partial charge in [0, 0.05) is 11.3 Å². The van der Waals surface area contributed by atoms with Gasteiger partial charge in [0.15, 0.2) is 0 Å². The van der Waals surface area contributed by atoms with E-state index in [2.05, 4.69) is 70.7 Å². The van der Waals surface area contributed by atoms with E-state index in [1.54, 1.807) is 12.2 Å². The minimum atomic E-state index is -0.398. The maximum absolute atomic E-state index is 12.6. The van der Waals surface area contributed by atoms with Crippen LogP contribution in [0.1, 0.15) is 23.6 Å². The van der Waals surface area contributed by atoms with E-state index >= 15 is 0 Å². The summed E-state index contributed by atoms with van der Waals surface area (Å²) in [4.78, 5) is 49.0. The van der Waals surface area contributed by atoms with Crippen molar-refractivity contribution in [1.29, 1.82) is 0 Å². The van der Waals surface area contributed by atoms with Crippen LogP contribution in [-0.2, 0) is 16.0 Å². The Labute approximate surface area is 279 Å². The fourth-order valence-corrected chi connectivity index (χ4v) is 7.13. The molecular weight excluding hydrogens is 627 g/mol. The van der Waals surface area contributed by atoms with Crippen molar-refractivity contribution in [2.45, 2.75) is 13.3 Å². The number of rotatable bonds is 7. The topological polar surface area (TPSA) is 97.3 Å². The molecule has 0 aliphatic carbocycles. The van der Waals surface area contributed by atoms with Gasteiger partial charge in [-0.3, -0.25) is 29.8 Å². The molecule has 7 nitrogen and oxygen atoms in total. The molecule has 2 N–H and O–H groups in total. The van der Waals surface area contributed by atoms with Crippen LogP contribution < -0.4 is 10.6 Å². The molecule has 2 saturated heterocycles. The molecule has 0 atom stereocenters. The number of benzene rings is 4. The fraction of sp³-hybridized carbons (Fsp3) is 0.0526. The molecule has 1 aromatic heterocycles. The third kappa shape index (κ3) is 6.10. The van der Waals surface area contributed by atoms with Gasteiger partial charge in [-0.1, -0.05) is 97.9 Å². The molecule has 0 bridgehead atoms. The number of imide groups is 2. The van der Waals surface area contributed by atoms with E-state index in [4.69, 9.17) is 0 Å². The van der Waals surface area contributed by atoms with Crippen LogP contribution in [-0.4, -0.2) is 26.9 Å². The maximum Gasteiger partial charge on any atom is 0.290 e. The maximum atomic E-state index is 12.6. The SMILES string of the molecule is CCc1cc(-c2ccc(-n3c(-c4ccccc4)cc(/C=C4\SC(=O)NC4=O)c3-c3ccccc3)cc2)ccc1/C=C1\SC(=O)NC1=O. The smallest absolute Gasteiger partial charge is 0.290 e. The molecule has 0 spiro atoms. The Balaban J connectivity index is 1.33. The van der Waals surface area contributed by atoms with Gasteiger partial charge in [-0.05, 0) is 93.7 Å². The Bertz CT molecular complexity index is 2130. The lowest BCUT2D eigenvalue weighted by Crippen LogP contribution is -2.17. The lowest BCUT2D eigenvalue weighted by atomic mass is 9.97. The van der Waals surface area contributed by atoms with Crippen LogP contribution in [0, 0.1) is 0 Å². The van der Waals surface area contributed by atoms with Gasteiger partial charge in [0.2, 0.25) is 0 Å². The van der Waals surface area contributed by atoms with Crippen molar-refractivity contribution < 1.29 is 19.2 Å². The quantitative estimate of drug-likeness (QED) is 0.171. The van der Waals surface area contributed by atoms with E-state index in [0.29, 0.717) is 9.81 Å². The van der Waals surface area contributed by atoms with Gasteiger partial charge < -0.3 is 4.57 Å². The monoisotopic (exact) mass is 653 g/mol. The summed E-state index contributed by atoms with van der Waals surface area (Å²) in [6, 6.07) is 36.6. The van der Waals surface area contributed by atoms with E-state index in [0.717, 1.165) is 86.0 Å². The summed E-state index contributed by atoms with van der Waals surface area (Å²) >= 11 is 1.82. The number of thioether (sulfide) groups is 2. The molecule has 9 heteroatoms. The second-order valence-corrected chi connectivity index (χ2v) is 12.9. The summed E-state index contributed by atoms with van der Waals surface area (Å²) in [5, 5.41) is 3.94. The van der Waals surface area contributed by atoms with Crippen LogP contribution in [0.25, 0.3) is 51.5 Å². The number of amides is 4. The summed E-state index contributed by atoms with van der Waals surface area (Å²) in [6.45, 7) is 2.07. The Morgan fingerprint density at radius 1 is 0.596 bits per heavy atom. The summed E-state index contributed by atoms with van der Waals surface area (Å²) in [5.74, 6) is -0.764. The number of carbonyl (C=O) groups is 4. The summed E-state index contributed by atoms with van der Waals surface area (Å²) in [5.41, 5.74) is 9.60. The minimum Gasteiger partial charge on any atom is -0.309 e. The van der Waals surface area contributed by atoms with E-state index in [9.17, 15) is 19.2 Å². The zero-order valence-electron chi connectivity index (χ0n) is 25.2. The molecule has 2 aliphatic heterocycles. The largest absolute Gasteiger partial charge is 0.309 e. The van der Waals surface area contributed by atoms with Crippen molar-refractivity contribution in [3.8, 4) is 39.3 Å². The van der Waals surface area contributed by atoms with Crippen LogP contribution in [0.4, 0.5) is 9.59 Å². The van der Waals surface area contributed by atoms with E-state index in [-0.39, 0.29) is 16.4 Å². The van der Waals surface area contributed by atoms with Crippen molar-refractivity contribution in [3.63, 3.8) is 0 Å². The van der Waals surface area contributed by atoms with Gasteiger partial charge in [0.05, 0.1) is 21.2 Å². The van der Waals surface area contributed by atoms with Gasteiger partial charge in [-0.2, -0.15) is 0 Å². The van der Waals surface area contributed by atoms with E-state index in [1.165, 1.54) is 0 Å². The number of nitrogens with one attached hydrogen (secondary N) is 2. The lowest BCUT2D eigenvalue weighted by Gasteiger charge is -2.16. The molecule has 0 radical (unpaired) electrons. The normalized spacial score (nSPS) is 16.3. The Morgan fingerprint density at radius 3 is 1.70 bits per heavy atom. The van der Waals surface area contributed by atoms with Crippen LogP contribution in [0.5, 0.6) is 0 Å². The van der Waals surface area contributed by atoms with Crippen molar-refractivity contribution in [3.05, 3.63) is 136 Å². The van der Waals surface area contributed by atoms with Gasteiger partial charge in [0.1, 0.15) is 0 Å². The number of aryl methyl sites for hydroxylation is 1. The Morgan fingerprint density at radius 2 is 1.15 bits per heavy atom. The lowest BCUT2D eigenvalue weighted by molar-refractivity contribution is -0.116. The van der Waals surface area contributed by atoms with E-state index < -0.39 is 5.91 Å². The highest BCUT2D eigenvalue weighted by atomic mass is 32.2. The molecule has 7 rings (SSSR count).